The first-order valence-corrected chi connectivity index (χ1v) is 8.39. The number of ether oxygens (including phenoxy) is 3. The van der Waals surface area contributed by atoms with Crippen molar-refractivity contribution in [3.8, 4) is 0 Å². The highest BCUT2D eigenvalue weighted by atomic mass is 16.7. The summed E-state index contributed by atoms with van der Waals surface area (Å²) in [4.78, 5) is 2.32. The standard InChI is InChI=1S/C19H25NO3/c1-20-16-10-5-4-9-15(16)19-13(11-17(21-2)22-3)7-6-8-14(19)12-23-18(19)20/h4-7,9-10,13-14,17-18H,8,11-12H2,1-3H3/t13-,14-,18+,19+/m1/s1. The molecule has 1 aliphatic carbocycles. The van der Waals surface area contributed by atoms with Crippen molar-refractivity contribution in [3.63, 3.8) is 0 Å². The summed E-state index contributed by atoms with van der Waals surface area (Å²) in [6.07, 6.45) is 6.53. The second-order valence-corrected chi connectivity index (χ2v) is 6.85. The Morgan fingerprint density at radius 3 is 2.87 bits per heavy atom. The van der Waals surface area contributed by atoms with Gasteiger partial charge in [-0.05, 0) is 24.0 Å². The van der Waals surface area contributed by atoms with Gasteiger partial charge in [0.25, 0.3) is 0 Å². The summed E-state index contributed by atoms with van der Waals surface area (Å²) in [5.41, 5.74) is 2.74. The minimum atomic E-state index is -0.183. The molecule has 0 amide bonds. The number of benzene rings is 1. The van der Waals surface area contributed by atoms with E-state index in [0.29, 0.717) is 11.8 Å². The number of hydrogen-bond donors (Lipinski definition) is 0. The maximum atomic E-state index is 6.29. The van der Waals surface area contributed by atoms with Crippen molar-refractivity contribution < 1.29 is 14.2 Å². The van der Waals surface area contributed by atoms with E-state index >= 15 is 0 Å². The number of rotatable bonds is 4. The van der Waals surface area contributed by atoms with Gasteiger partial charge in [0.05, 0.1) is 12.0 Å². The summed E-state index contributed by atoms with van der Waals surface area (Å²) in [5.74, 6) is 0.868. The van der Waals surface area contributed by atoms with E-state index in [9.17, 15) is 0 Å². The van der Waals surface area contributed by atoms with Crippen LogP contribution in [0, 0.1) is 11.8 Å². The van der Waals surface area contributed by atoms with Gasteiger partial charge < -0.3 is 19.1 Å². The fourth-order valence-corrected chi connectivity index (χ4v) is 5.03. The third kappa shape index (κ3) is 1.95. The minimum absolute atomic E-state index is 0.00933. The van der Waals surface area contributed by atoms with E-state index in [0.717, 1.165) is 19.4 Å². The quantitative estimate of drug-likeness (QED) is 0.631. The summed E-state index contributed by atoms with van der Waals surface area (Å²) in [5, 5.41) is 0. The average Bonchev–Trinajstić information content (AvgIpc) is 3.09. The maximum Gasteiger partial charge on any atom is 0.157 e. The summed E-state index contributed by atoms with van der Waals surface area (Å²) >= 11 is 0. The molecule has 1 fully saturated rings. The van der Waals surface area contributed by atoms with Crippen LogP contribution in [-0.2, 0) is 19.6 Å². The molecule has 1 aromatic carbocycles. The Balaban J connectivity index is 1.82. The van der Waals surface area contributed by atoms with Crippen molar-refractivity contribution in [1.82, 2.24) is 0 Å². The van der Waals surface area contributed by atoms with Gasteiger partial charge in [-0.25, -0.2) is 0 Å². The molecule has 1 spiro atoms. The van der Waals surface area contributed by atoms with Crippen LogP contribution < -0.4 is 4.90 Å². The van der Waals surface area contributed by atoms with Gasteiger partial charge in [0.1, 0.15) is 6.23 Å². The molecule has 124 valence electrons. The first-order valence-electron chi connectivity index (χ1n) is 8.39. The molecule has 23 heavy (non-hydrogen) atoms. The SMILES string of the molecule is COC(C[C@H]1C=CC[C@@H]2CO[C@@H]3N(C)c4ccccc4[C@@]213)OC. The van der Waals surface area contributed by atoms with E-state index in [1.54, 1.807) is 14.2 Å². The third-order valence-corrected chi connectivity index (χ3v) is 6.02. The van der Waals surface area contributed by atoms with Gasteiger partial charge >= 0.3 is 0 Å². The molecule has 0 saturated carbocycles. The Morgan fingerprint density at radius 2 is 2.09 bits per heavy atom. The van der Waals surface area contributed by atoms with E-state index in [1.165, 1.54) is 11.3 Å². The molecule has 2 heterocycles. The number of hydrogen-bond acceptors (Lipinski definition) is 4. The Morgan fingerprint density at radius 1 is 1.30 bits per heavy atom. The first kappa shape index (κ1) is 15.2. The van der Waals surface area contributed by atoms with Crippen LogP contribution in [0.5, 0.6) is 0 Å². The van der Waals surface area contributed by atoms with Crippen LogP contribution in [0.3, 0.4) is 0 Å². The van der Waals surface area contributed by atoms with E-state index in [4.69, 9.17) is 14.2 Å². The number of anilines is 1. The lowest BCUT2D eigenvalue weighted by Gasteiger charge is -2.43. The molecule has 0 bridgehead atoms. The van der Waals surface area contributed by atoms with E-state index in [-0.39, 0.29) is 17.9 Å². The van der Waals surface area contributed by atoms with Gasteiger partial charge in [-0.15, -0.1) is 0 Å². The molecule has 4 nitrogen and oxygen atoms in total. The lowest BCUT2D eigenvalue weighted by Crippen LogP contribution is -2.50. The zero-order chi connectivity index (χ0) is 16.0. The monoisotopic (exact) mass is 315 g/mol. The van der Waals surface area contributed by atoms with Gasteiger partial charge in [-0.2, -0.15) is 0 Å². The van der Waals surface area contributed by atoms with Crippen molar-refractivity contribution in [2.75, 3.05) is 32.8 Å². The molecular formula is C19H25NO3. The van der Waals surface area contributed by atoms with Gasteiger partial charge in [0.2, 0.25) is 0 Å². The molecule has 1 aromatic rings. The van der Waals surface area contributed by atoms with Crippen LogP contribution in [-0.4, -0.2) is 40.4 Å². The predicted octanol–water partition coefficient (Wildman–Crippen LogP) is 2.93. The van der Waals surface area contributed by atoms with E-state index < -0.39 is 0 Å². The smallest absolute Gasteiger partial charge is 0.157 e. The predicted molar refractivity (Wildman–Crippen MR) is 89.4 cm³/mol. The number of likely N-dealkylation sites (N-methyl/N-ethyl adjacent to an activating group) is 1. The molecule has 4 heteroatoms. The van der Waals surface area contributed by atoms with E-state index in [1.807, 2.05) is 0 Å². The summed E-state index contributed by atoms with van der Waals surface area (Å²) in [6, 6.07) is 8.76. The average molecular weight is 315 g/mol. The largest absolute Gasteiger partial charge is 0.357 e. The molecule has 0 N–H and O–H groups in total. The van der Waals surface area contributed by atoms with Crippen LogP contribution in [0.4, 0.5) is 5.69 Å². The van der Waals surface area contributed by atoms with Crippen molar-refractivity contribution in [2.24, 2.45) is 11.8 Å². The van der Waals surface area contributed by atoms with Gasteiger partial charge in [0.15, 0.2) is 6.29 Å². The number of allylic oxidation sites excluding steroid dienone is 2. The number of nitrogens with zero attached hydrogens (tertiary/aromatic N) is 1. The zero-order valence-corrected chi connectivity index (χ0v) is 14.1. The lowest BCUT2D eigenvalue weighted by atomic mass is 9.59. The number of methoxy groups -OCH3 is 2. The van der Waals surface area contributed by atoms with Gasteiger partial charge in [-0.3, -0.25) is 0 Å². The highest BCUT2D eigenvalue weighted by Crippen LogP contribution is 2.60. The normalized spacial score (nSPS) is 34.6. The number of fused-ring (bicyclic) bond motifs is 1. The Labute approximate surface area is 138 Å². The van der Waals surface area contributed by atoms with Crippen LogP contribution in [0.25, 0.3) is 0 Å². The maximum absolute atomic E-state index is 6.29. The summed E-state index contributed by atoms with van der Waals surface area (Å²) < 4.78 is 17.3. The Kier molecular flexibility index (Phi) is 3.71. The van der Waals surface area contributed by atoms with Crippen LogP contribution in [0.1, 0.15) is 18.4 Å². The molecule has 4 atom stereocenters. The van der Waals surface area contributed by atoms with Crippen molar-refractivity contribution in [2.45, 2.75) is 30.8 Å². The molecule has 0 aromatic heterocycles. The fourth-order valence-electron chi connectivity index (χ4n) is 5.03. The molecular weight excluding hydrogens is 290 g/mol. The summed E-state index contributed by atoms with van der Waals surface area (Å²) in [7, 11) is 5.58. The molecule has 4 rings (SSSR count). The third-order valence-electron chi connectivity index (χ3n) is 6.02. The van der Waals surface area contributed by atoms with Crippen LogP contribution in [0.15, 0.2) is 36.4 Å². The van der Waals surface area contributed by atoms with Crippen molar-refractivity contribution >= 4 is 5.69 Å². The molecule has 1 saturated heterocycles. The van der Waals surface area contributed by atoms with Crippen LogP contribution in [0.2, 0.25) is 0 Å². The summed E-state index contributed by atoms with van der Waals surface area (Å²) in [6.45, 7) is 0.828. The lowest BCUT2D eigenvalue weighted by molar-refractivity contribution is -0.118. The zero-order valence-electron chi connectivity index (χ0n) is 14.1. The molecule has 2 aliphatic heterocycles. The Bertz CT molecular complexity index is 612. The topological polar surface area (TPSA) is 30.9 Å². The van der Waals surface area contributed by atoms with Crippen molar-refractivity contribution in [3.05, 3.63) is 42.0 Å². The van der Waals surface area contributed by atoms with Crippen molar-refractivity contribution in [1.29, 1.82) is 0 Å². The highest BCUT2D eigenvalue weighted by Gasteiger charge is 2.63. The van der Waals surface area contributed by atoms with Gasteiger partial charge in [0, 0.05) is 39.3 Å². The highest BCUT2D eigenvalue weighted by molar-refractivity contribution is 5.65. The molecule has 0 radical (unpaired) electrons. The second kappa shape index (κ2) is 5.62. The molecule has 3 aliphatic rings. The molecule has 0 unspecified atom stereocenters. The van der Waals surface area contributed by atoms with Gasteiger partial charge in [-0.1, -0.05) is 30.4 Å². The fraction of sp³-hybridized carbons (Fsp3) is 0.579. The first-order chi connectivity index (χ1) is 11.2. The Hall–Kier alpha value is -1.36. The number of para-hydroxylation sites is 1. The van der Waals surface area contributed by atoms with E-state index in [2.05, 4.69) is 48.4 Å². The van der Waals surface area contributed by atoms with Crippen LogP contribution >= 0.6 is 0 Å². The second-order valence-electron chi connectivity index (χ2n) is 6.85. The minimum Gasteiger partial charge on any atom is -0.357 e.